The molecule has 0 amide bonds. The van der Waals surface area contributed by atoms with Gasteiger partial charge in [-0.1, -0.05) is 0 Å². The van der Waals surface area contributed by atoms with Crippen LogP contribution in [0.4, 0.5) is 0 Å². The lowest BCUT2D eigenvalue weighted by Gasteiger charge is -2.07. The van der Waals surface area contributed by atoms with Gasteiger partial charge in [-0.25, -0.2) is 0 Å². The van der Waals surface area contributed by atoms with E-state index in [-0.39, 0.29) is 6.04 Å². The second kappa shape index (κ2) is 5.33. The lowest BCUT2D eigenvalue weighted by atomic mass is 10.1. The third-order valence-electron chi connectivity index (χ3n) is 2.57. The van der Waals surface area contributed by atoms with Crippen molar-refractivity contribution < 1.29 is 0 Å². The van der Waals surface area contributed by atoms with Crippen LogP contribution in [0.1, 0.15) is 36.5 Å². The third-order valence-corrected chi connectivity index (χ3v) is 4.40. The second-order valence-electron chi connectivity index (χ2n) is 4.36. The van der Waals surface area contributed by atoms with Crippen molar-refractivity contribution in [3.63, 3.8) is 0 Å². The van der Waals surface area contributed by atoms with Crippen LogP contribution in [0.2, 0.25) is 0 Å². The van der Waals surface area contributed by atoms with Crippen molar-refractivity contribution in [3.8, 4) is 0 Å². The zero-order valence-corrected chi connectivity index (χ0v) is 12.3. The molecule has 0 radical (unpaired) electrons. The molecule has 5 heteroatoms. The molecule has 2 rings (SSSR count). The summed E-state index contributed by atoms with van der Waals surface area (Å²) < 4.78 is 3.06. The molecule has 2 heterocycles. The van der Waals surface area contributed by atoms with Gasteiger partial charge in [0, 0.05) is 39.4 Å². The minimum Gasteiger partial charge on any atom is -0.323 e. The zero-order chi connectivity index (χ0) is 12.4. The molecule has 2 aromatic heterocycles. The largest absolute Gasteiger partial charge is 0.323 e. The number of aromatic nitrogens is 2. The lowest BCUT2D eigenvalue weighted by molar-refractivity contribution is 0.523. The van der Waals surface area contributed by atoms with E-state index in [0.717, 1.165) is 16.6 Å². The number of nitrogens with zero attached hydrogens (tertiary/aromatic N) is 2. The molecule has 0 saturated heterocycles. The number of rotatable bonds is 4. The molecule has 1 unspecified atom stereocenters. The van der Waals surface area contributed by atoms with E-state index in [0.29, 0.717) is 6.04 Å². The normalized spacial score (nSPS) is 13.2. The maximum atomic E-state index is 6.17. The highest BCUT2D eigenvalue weighted by Crippen LogP contribution is 2.26. The van der Waals surface area contributed by atoms with Gasteiger partial charge in [0.1, 0.15) is 0 Å². The van der Waals surface area contributed by atoms with Gasteiger partial charge in [0.2, 0.25) is 0 Å². The SMILES string of the molecule is CC(C)n1ccc(CC(N)c2cc(Br)cs2)n1. The van der Waals surface area contributed by atoms with E-state index in [4.69, 9.17) is 5.73 Å². The monoisotopic (exact) mass is 313 g/mol. The van der Waals surface area contributed by atoms with Crippen molar-refractivity contribution >= 4 is 27.3 Å². The van der Waals surface area contributed by atoms with Gasteiger partial charge in [-0.15, -0.1) is 11.3 Å². The van der Waals surface area contributed by atoms with Crippen LogP contribution in [-0.2, 0) is 6.42 Å². The molecule has 3 nitrogen and oxygen atoms in total. The van der Waals surface area contributed by atoms with Crippen LogP contribution >= 0.6 is 27.3 Å². The minimum atomic E-state index is 0.0295. The Morgan fingerprint density at radius 1 is 1.53 bits per heavy atom. The average molecular weight is 314 g/mol. The summed E-state index contributed by atoms with van der Waals surface area (Å²) in [7, 11) is 0. The number of nitrogens with two attached hydrogens (primary N) is 1. The van der Waals surface area contributed by atoms with Gasteiger partial charge in [-0.05, 0) is 41.9 Å². The summed E-state index contributed by atoms with van der Waals surface area (Å²) in [4.78, 5) is 1.19. The zero-order valence-electron chi connectivity index (χ0n) is 9.93. The number of halogens is 1. The van der Waals surface area contributed by atoms with Gasteiger partial charge in [0.05, 0.1) is 5.69 Å². The first-order valence-corrected chi connectivity index (χ1v) is 7.27. The highest BCUT2D eigenvalue weighted by Gasteiger charge is 2.11. The molecule has 0 aromatic carbocycles. The van der Waals surface area contributed by atoms with Crippen molar-refractivity contribution in [2.45, 2.75) is 32.4 Å². The van der Waals surface area contributed by atoms with Crippen LogP contribution in [0.3, 0.4) is 0 Å². The average Bonchev–Trinajstić information content (AvgIpc) is 2.86. The van der Waals surface area contributed by atoms with E-state index >= 15 is 0 Å². The van der Waals surface area contributed by atoms with E-state index in [1.807, 2.05) is 16.9 Å². The number of hydrogen-bond donors (Lipinski definition) is 1. The molecule has 0 aliphatic rings. The Bertz CT molecular complexity index is 489. The van der Waals surface area contributed by atoms with E-state index in [1.54, 1.807) is 11.3 Å². The molecule has 0 aliphatic carbocycles. The van der Waals surface area contributed by atoms with Crippen LogP contribution in [0.5, 0.6) is 0 Å². The van der Waals surface area contributed by atoms with Crippen molar-refractivity contribution in [1.82, 2.24) is 9.78 Å². The molecule has 0 fully saturated rings. The van der Waals surface area contributed by atoms with E-state index in [1.165, 1.54) is 4.88 Å². The van der Waals surface area contributed by atoms with Crippen molar-refractivity contribution in [3.05, 3.63) is 38.8 Å². The fraction of sp³-hybridized carbons (Fsp3) is 0.417. The van der Waals surface area contributed by atoms with Crippen LogP contribution in [-0.4, -0.2) is 9.78 Å². The van der Waals surface area contributed by atoms with Gasteiger partial charge in [-0.2, -0.15) is 5.10 Å². The summed E-state index contributed by atoms with van der Waals surface area (Å²) in [5.74, 6) is 0. The molecular formula is C12H16BrN3S. The molecule has 0 spiro atoms. The maximum absolute atomic E-state index is 6.17. The second-order valence-corrected chi connectivity index (χ2v) is 6.22. The van der Waals surface area contributed by atoms with Crippen molar-refractivity contribution in [1.29, 1.82) is 0 Å². The Morgan fingerprint density at radius 3 is 2.82 bits per heavy atom. The summed E-state index contributed by atoms with van der Waals surface area (Å²) >= 11 is 5.13. The maximum Gasteiger partial charge on any atom is 0.0643 e. The molecule has 0 aliphatic heterocycles. The van der Waals surface area contributed by atoms with Gasteiger partial charge in [-0.3, -0.25) is 4.68 Å². The number of hydrogen-bond acceptors (Lipinski definition) is 3. The highest BCUT2D eigenvalue weighted by molar-refractivity contribution is 9.10. The smallest absolute Gasteiger partial charge is 0.0643 e. The first kappa shape index (κ1) is 12.8. The standard InChI is InChI=1S/C12H16BrN3S/c1-8(2)16-4-3-10(15-16)6-11(14)12-5-9(13)7-17-12/h3-5,7-8,11H,6,14H2,1-2H3. The van der Waals surface area contributed by atoms with Gasteiger partial charge in [0.25, 0.3) is 0 Å². The van der Waals surface area contributed by atoms with Crippen LogP contribution in [0, 0.1) is 0 Å². The Kier molecular flexibility index (Phi) is 4.01. The van der Waals surface area contributed by atoms with E-state index in [2.05, 4.69) is 46.3 Å². The van der Waals surface area contributed by atoms with Gasteiger partial charge in [0.15, 0.2) is 0 Å². The summed E-state index contributed by atoms with van der Waals surface area (Å²) in [5.41, 5.74) is 7.22. The van der Waals surface area contributed by atoms with Crippen LogP contribution < -0.4 is 5.73 Å². The molecule has 2 N–H and O–H groups in total. The van der Waals surface area contributed by atoms with Crippen LogP contribution in [0.15, 0.2) is 28.2 Å². The predicted molar refractivity (Wildman–Crippen MR) is 75.3 cm³/mol. The fourth-order valence-corrected chi connectivity index (χ4v) is 3.07. The molecule has 0 saturated carbocycles. The molecular weight excluding hydrogens is 298 g/mol. The Labute approximate surface area is 114 Å². The van der Waals surface area contributed by atoms with Crippen LogP contribution in [0.25, 0.3) is 0 Å². The summed E-state index contributed by atoms with van der Waals surface area (Å²) in [6.45, 7) is 4.24. The fourth-order valence-electron chi connectivity index (χ4n) is 1.62. The molecule has 17 heavy (non-hydrogen) atoms. The van der Waals surface area contributed by atoms with Crippen molar-refractivity contribution in [2.24, 2.45) is 5.73 Å². The number of thiophene rings is 1. The predicted octanol–water partition coefficient (Wildman–Crippen LogP) is 3.53. The Morgan fingerprint density at radius 2 is 2.29 bits per heavy atom. The van der Waals surface area contributed by atoms with E-state index in [9.17, 15) is 0 Å². The first-order valence-electron chi connectivity index (χ1n) is 5.60. The molecule has 1 atom stereocenters. The quantitative estimate of drug-likeness (QED) is 0.938. The molecule has 92 valence electrons. The van der Waals surface area contributed by atoms with Gasteiger partial charge >= 0.3 is 0 Å². The summed E-state index contributed by atoms with van der Waals surface area (Å²) in [6.07, 6.45) is 2.80. The lowest BCUT2D eigenvalue weighted by Crippen LogP contribution is -2.12. The van der Waals surface area contributed by atoms with Crippen molar-refractivity contribution in [2.75, 3.05) is 0 Å². The topological polar surface area (TPSA) is 43.8 Å². The third kappa shape index (κ3) is 3.18. The molecule has 0 bridgehead atoms. The summed E-state index contributed by atoms with van der Waals surface area (Å²) in [6, 6.07) is 4.55. The Hall–Kier alpha value is -0.650. The Balaban J connectivity index is 2.05. The minimum absolute atomic E-state index is 0.0295. The summed E-state index contributed by atoms with van der Waals surface area (Å²) in [5, 5.41) is 6.57. The first-order chi connectivity index (χ1) is 8.06. The van der Waals surface area contributed by atoms with Gasteiger partial charge < -0.3 is 5.73 Å². The molecule has 2 aromatic rings. The highest BCUT2D eigenvalue weighted by atomic mass is 79.9. The van der Waals surface area contributed by atoms with E-state index < -0.39 is 0 Å².